The molecule has 1 unspecified atom stereocenters. The molecule has 0 spiro atoms. The second-order valence-corrected chi connectivity index (χ2v) is 6.22. The van der Waals surface area contributed by atoms with Crippen LogP contribution >= 0.6 is 7.94 Å². The van der Waals surface area contributed by atoms with Crippen molar-refractivity contribution in [2.24, 2.45) is 4.74 Å². The zero-order chi connectivity index (χ0) is 15.4. The van der Waals surface area contributed by atoms with Crippen LogP contribution < -0.4 is 10.2 Å². The number of benzene rings is 1. The summed E-state index contributed by atoms with van der Waals surface area (Å²) in [5, 5.41) is 9.65. The molecule has 2 radical (unpaired) electrons. The molecule has 1 fully saturated rings. The van der Waals surface area contributed by atoms with Gasteiger partial charge in [-0.15, -0.1) is 0 Å². The zero-order valence-electron chi connectivity index (χ0n) is 13.7. The standard InChI is InChI=1S/C14H17N2O4P.2Na/c1-10(15-21(20)11-6-3-2-4-7-11)13(17)16-9-5-8-12(16)14(18)19;;/h2-4,6-7,10,12H,5,8-9H2,1H3,(H,18,19);;/t10-,12-;;/m0../s1. The average Bonchev–Trinajstić information content (AvgIpc) is 2.96. The topological polar surface area (TPSA) is 93.0 Å². The third-order valence-electron chi connectivity index (χ3n) is 3.43. The SMILES string of the molecule is C[C@H](/N=[P+](\[O-])c1ccccc1)C(=O)N1CCC[C@H]1C(=O)O.[Na].[Na]. The van der Waals surface area contributed by atoms with E-state index in [1.165, 1.54) is 4.90 Å². The number of carboxylic acid groups (broad SMARTS) is 1. The third-order valence-corrected chi connectivity index (χ3v) is 4.73. The summed E-state index contributed by atoms with van der Waals surface area (Å²) in [5.41, 5.74) is 0. The molecule has 0 saturated carbocycles. The number of rotatable bonds is 4. The van der Waals surface area contributed by atoms with Gasteiger partial charge in [0.1, 0.15) is 6.04 Å². The van der Waals surface area contributed by atoms with Crippen LogP contribution in [0, 0.1) is 0 Å². The minimum Gasteiger partial charge on any atom is -0.607 e. The summed E-state index contributed by atoms with van der Waals surface area (Å²) < 4.78 is 4.01. The van der Waals surface area contributed by atoms with Crippen molar-refractivity contribution in [3.8, 4) is 0 Å². The number of hydrogen-bond acceptors (Lipinski definition) is 4. The van der Waals surface area contributed by atoms with Crippen LogP contribution in [-0.4, -0.2) is 99.6 Å². The molecule has 23 heavy (non-hydrogen) atoms. The summed E-state index contributed by atoms with van der Waals surface area (Å²) in [6.07, 6.45) is 1.12. The fourth-order valence-electron chi connectivity index (χ4n) is 2.36. The molecule has 9 heteroatoms. The van der Waals surface area contributed by atoms with E-state index in [1.807, 2.05) is 6.07 Å². The summed E-state index contributed by atoms with van der Waals surface area (Å²) in [6, 6.07) is 7.10. The molecule has 3 atom stereocenters. The largest absolute Gasteiger partial charge is 0.607 e. The van der Waals surface area contributed by atoms with Crippen molar-refractivity contribution >= 4 is 84.2 Å². The minimum absolute atomic E-state index is 0. The normalized spacial score (nSPS) is 18.6. The van der Waals surface area contributed by atoms with Gasteiger partial charge in [-0.1, -0.05) is 22.9 Å². The number of carboxylic acids is 1. The molecule has 0 aromatic heterocycles. The predicted molar refractivity (Wildman–Crippen MR) is 88.8 cm³/mol. The molecule has 0 aliphatic carbocycles. The van der Waals surface area contributed by atoms with Crippen molar-refractivity contribution in [1.82, 2.24) is 4.90 Å². The number of aliphatic carboxylic acids is 1. The zero-order valence-corrected chi connectivity index (χ0v) is 18.6. The first-order chi connectivity index (χ1) is 10.0. The van der Waals surface area contributed by atoms with Crippen molar-refractivity contribution in [3.05, 3.63) is 30.3 Å². The van der Waals surface area contributed by atoms with E-state index in [1.54, 1.807) is 31.2 Å². The Bertz CT molecular complexity index is 571. The summed E-state index contributed by atoms with van der Waals surface area (Å²) in [6.45, 7) is 1.97. The molecule has 1 saturated heterocycles. The molecular weight excluding hydrogens is 337 g/mol. The minimum atomic E-state index is -2.01. The van der Waals surface area contributed by atoms with Crippen LogP contribution in [0.2, 0.25) is 0 Å². The van der Waals surface area contributed by atoms with Crippen LogP contribution in [0.25, 0.3) is 0 Å². The van der Waals surface area contributed by atoms with Gasteiger partial charge in [0.15, 0.2) is 11.3 Å². The molecule has 1 aliphatic heterocycles. The monoisotopic (exact) mass is 354 g/mol. The second kappa shape index (κ2) is 11.0. The molecular formula is C14H17N2Na2O4P. The van der Waals surface area contributed by atoms with E-state index in [-0.39, 0.29) is 65.0 Å². The first-order valence-corrected chi connectivity index (χ1v) is 7.98. The van der Waals surface area contributed by atoms with E-state index in [0.717, 1.165) is 0 Å². The van der Waals surface area contributed by atoms with Crippen molar-refractivity contribution in [3.63, 3.8) is 0 Å². The Morgan fingerprint density at radius 3 is 2.52 bits per heavy atom. The van der Waals surface area contributed by atoms with E-state index in [9.17, 15) is 14.5 Å². The molecule has 1 amide bonds. The van der Waals surface area contributed by atoms with Gasteiger partial charge in [0.05, 0.1) is 0 Å². The summed E-state index contributed by atoms with van der Waals surface area (Å²) in [7, 11) is -2.01. The van der Waals surface area contributed by atoms with Gasteiger partial charge >= 0.3 is 5.97 Å². The molecule has 1 N–H and O–H groups in total. The van der Waals surface area contributed by atoms with E-state index in [4.69, 9.17) is 5.11 Å². The van der Waals surface area contributed by atoms with E-state index < -0.39 is 26.0 Å². The Balaban J connectivity index is 0.00000242. The number of hydrogen-bond donors (Lipinski definition) is 1. The maximum absolute atomic E-state index is 12.3. The summed E-state index contributed by atoms with van der Waals surface area (Å²) in [5.74, 6) is -1.38. The number of amides is 1. The number of nitrogens with zero attached hydrogens (tertiary/aromatic N) is 2. The number of carbonyl (C=O) groups excluding carboxylic acids is 1. The fraction of sp³-hybridized carbons (Fsp3) is 0.429. The van der Waals surface area contributed by atoms with Gasteiger partial charge in [-0.3, -0.25) is 4.79 Å². The Morgan fingerprint density at radius 2 is 1.96 bits per heavy atom. The first-order valence-electron chi connectivity index (χ1n) is 6.77. The summed E-state index contributed by atoms with van der Waals surface area (Å²) >= 11 is 0. The van der Waals surface area contributed by atoms with Crippen molar-refractivity contribution in [2.45, 2.75) is 31.8 Å². The molecule has 1 aliphatic rings. The number of likely N-dealkylation sites (tertiary alicyclic amines) is 1. The fourth-order valence-corrected chi connectivity index (χ4v) is 3.33. The Hall–Kier alpha value is 0.220. The quantitative estimate of drug-likeness (QED) is 0.606. The van der Waals surface area contributed by atoms with Crippen molar-refractivity contribution < 1.29 is 19.6 Å². The third kappa shape index (κ3) is 6.22. The molecule has 114 valence electrons. The Labute approximate surface area is 180 Å². The van der Waals surface area contributed by atoms with Crippen LogP contribution in [0.1, 0.15) is 19.8 Å². The predicted octanol–water partition coefficient (Wildman–Crippen LogP) is -0.0448. The van der Waals surface area contributed by atoms with Gasteiger partial charge < -0.3 is 14.9 Å². The van der Waals surface area contributed by atoms with Crippen LogP contribution in [0.5, 0.6) is 0 Å². The van der Waals surface area contributed by atoms with Gasteiger partial charge in [-0.05, 0) is 31.9 Å². The van der Waals surface area contributed by atoms with E-state index >= 15 is 0 Å². The van der Waals surface area contributed by atoms with E-state index in [0.29, 0.717) is 24.7 Å². The second-order valence-electron chi connectivity index (χ2n) is 4.93. The van der Waals surface area contributed by atoms with Gasteiger partial charge in [0, 0.05) is 65.7 Å². The summed E-state index contributed by atoms with van der Waals surface area (Å²) in [4.78, 5) is 36.8. The first kappa shape index (κ1) is 23.2. The molecule has 2 rings (SSSR count). The number of carbonyl (C=O) groups is 2. The van der Waals surface area contributed by atoms with Crippen LogP contribution in [0.15, 0.2) is 35.1 Å². The molecule has 1 heterocycles. The van der Waals surface area contributed by atoms with Crippen molar-refractivity contribution in [2.75, 3.05) is 6.54 Å². The Kier molecular flexibility index (Phi) is 11.1. The molecule has 1 aromatic carbocycles. The average molecular weight is 354 g/mol. The van der Waals surface area contributed by atoms with Crippen molar-refractivity contribution in [1.29, 1.82) is 0 Å². The smallest absolute Gasteiger partial charge is 0.326 e. The Morgan fingerprint density at radius 1 is 1.35 bits per heavy atom. The van der Waals surface area contributed by atoms with Gasteiger partial charge in [-0.2, -0.15) is 0 Å². The van der Waals surface area contributed by atoms with Gasteiger partial charge in [-0.25, -0.2) is 4.79 Å². The molecule has 0 bridgehead atoms. The molecule has 1 aromatic rings. The molecule has 6 nitrogen and oxygen atoms in total. The van der Waals surface area contributed by atoms with Gasteiger partial charge in [0.25, 0.3) is 5.91 Å². The van der Waals surface area contributed by atoms with Gasteiger partial charge in [0.2, 0.25) is 7.94 Å². The van der Waals surface area contributed by atoms with E-state index in [2.05, 4.69) is 4.74 Å². The van der Waals surface area contributed by atoms with Crippen LogP contribution in [0.4, 0.5) is 0 Å². The van der Waals surface area contributed by atoms with Crippen LogP contribution in [-0.2, 0) is 9.59 Å². The van der Waals surface area contributed by atoms with Crippen LogP contribution in [0.3, 0.4) is 0 Å². The maximum atomic E-state index is 12.3. The maximum Gasteiger partial charge on any atom is 0.326 e.